The molecule has 0 aliphatic rings. The highest BCUT2D eigenvalue weighted by Gasteiger charge is 2.13. The lowest BCUT2D eigenvalue weighted by Gasteiger charge is -2.07. The van der Waals surface area contributed by atoms with Gasteiger partial charge in [-0.2, -0.15) is 0 Å². The Labute approximate surface area is 133 Å². The summed E-state index contributed by atoms with van der Waals surface area (Å²) in [4.78, 5) is 15.3. The van der Waals surface area contributed by atoms with Gasteiger partial charge in [0.15, 0.2) is 0 Å². The lowest BCUT2D eigenvalue weighted by Crippen LogP contribution is -2.25. The number of methoxy groups -OCH3 is 1. The third-order valence-corrected chi connectivity index (χ3v) is 4.26. The fraction of sp³-hybridized carbons (Fsp3) is 0.200. The second kappa shape index (κ2) is 7.30. The van der Waals surface area contributed by atoms with E-state index in [1.165, 1.54) is 49.7 Å². The van der Waals surface area contributed by atoms with E-state index in [0.717, 1.165) is 0 Å². The van der Waals surface area contributed by atoms with Crippen LogP contribution in [0.2, 0.25) is 0 Å². The molecule has 1 N–H and O–H groups in total. The molecule has 0 amide bonds. The summed E-state index contributed by atoms with van der Waals surface area (Å²) in [7, 11) is -2.37. The number of aromatic nitrogens is 1. The fourth-order valence-electron chi connectivity index (χ4n) is 1.85. The average molecular weight is 338 g/mol. The van der Waals surface area contributed by atoms with Crippen LogP contribution in [0.4, 0.5) is 4.39 Å². The second-order valence-electron chi connectivity index (χ2n) is 4.74. The minimum absolute atomic E-state index is 0.0287. The Morgan fingerprint density at radius 3 is 2.70 bits per heavy atom. The van der Waals surface area contributed by atoms with E-state index in [-0.39, 0.29) is 17.9 Å². The van der Waals surface area contributed by atoms with Crippen LogP contribution in [0.3, 0.4) is 0 Å². The number of nitrogens with zero attached hydrogens (tertiary/aromatic N) is 1. The van der Waals surface area contributed by atoms with Crippen molar-refractivity contribution in [2.75, 3.05) is 7.11 Å². The zero-order valence-corrected chi connectivity index (χ0v) is 13.1. The molecule has 0 atom stereocenters. The van der Waals surface area contributed by atoms with Crippen LogP contribution in [0.15, 0.2) is 42.6 Å². The molecule has 2 aromatic rings. The van der Waals surface area contributed by atoms with Gasteiger partial charge in [0.05, 0.1) is 30.7 Å². The SMILES string of the molecule is COC(=O)c1ccc(CNS(=O)(=O)Cc2cccc(F)c2)nc1. The van der Waals surface area contributed by atoms with Crippen molar-refractivity contribution in [1.29, 1.82) is 0 Å². The predicted octanol–water partition coefficient (Wildman–Crippen LogP) is 1.63. The van der Waals surface area contributed by atoms with Gasteiger partial charge in [-0.15, -0.1) is 0 Å². The Kier molecular flexibility index (Phi) is 5.41. The van der Waals surface area contributed by atoms with Crippen molar-refractivity contribution in [3.8, 4) is 0 Å². The lowest BCUT2D eigenvalue weighted by atomic mass is 10.2. The van der Waals surface area contributed by atoms with Crippen LogP contribution < -0.4 is 4.72 Å². The molecule has 0 unspecified atom stereocenters. The minimum Gasteiger partial charge on any atom is -0.465 e. The van der Waals surface area contributed by atoms with Crippen molar-refractivity contribution >= 4 is 16.0 Å². The summed E-state index contributed by atoms with van der Waals surface area (Å²) in [6.07, 6.45) is 1.31. The van der Waals surface area contributed by atoms with Crippen molar-refractivity contribution in [2.45, 2.75) is 12.3 Å². The molecule has 2 rings (SSSR count). The van der Waals surface area contributed by atoms with Crippen molar-refractivity contribution in [2.24, 2.45) is 0 Å². The minimum atomic E-state index is -3.63. The van der Waals surface area contributed by atoms with E-state index >= 15 is 0 Å². The predicted molar refractivity (Wildman–Crippen MR) is 81.4 cm³/mol. The number of halogens is 1. The van der Waals surface area contributed by atoms with Crippen LogP contribution in [0.5, 0.6) is 0 Å². The largest absolute Gasteiger partial charge is 0.465 e. The van der Waals surface area contributed by atoms with Crippen LogP contribution in [0, 0.1) is 5.82 Å². The Hall–Kier alpha value is -2.32. The smallest absolute Gasteiger partial charge is 0.339 e. The van der Waals surface area contributed by atoms with Crippen molar-refractivity contribution in [3.05, 3.63) is 65.2 Å². The number of esters is 1. The van der Waals surface area contributed by atoms with Gasteiger partial charge < -0.3 is 4.74 Å². The molecule has 0 bridgehead atoms. The van der Waals surface area contributed by atoms with E-state index in [1.54, 1.807) is 0 Å². The van der Waals surface area contributed by atoms with Crippen LogP contribution in [-0.4, -0.2) is 26.5 Å². The number of sulfonamides is 1. The maximum atomic E-state index is 13.1. The zero-order chi connectivity index (χ0) is 16.9. The van der Waals surface area contributed by atoms with Gasteiger partial charge >= 0.3 is 5.97 Å². The number of rotatable bonds is 6. The average Bonchev–Trinajstić information content (AvgIpc) is 2.52. The molecule has 23 heavy (non-hydrogen) atoms. The standard InChI is InChI=1S/C15H15FN2O4S/c1-22-15(19)12-5-6-14(17-8-12)9-18-23(20,21)10-11-3-2-4-13(16)7-11/h2-8,18H,9-10H2,1H3. The number of carbonyl (C=O) groups excluding carboxylic acids is 1. The number of benzene rings is 1. The maximum absolute atomic E-state index is 13.1. The molecule has 0 radical (unpaired) electrons. The highest BCUT2D eigenvalue weighted by molar-refractivity contribution is 7.88. The first kappa shape index (κ1) is 17.0. The summed E-state index contributed by atoms with van der Waals surface area (Å²) in [5.74, 6) is -1.33. The van der Waals surface area contributed by atoms with E-state index in [4.69, 9.17) is 0 Å². The molecule has 0 saturated carbocycles. The van der Waals surface area contributed by atoms with Crippen molar-refractivity contribution in [1.82, 2.24) is 9.71 Å². The molecule has 0 aliphatic heterocycles. The fourth-order valence-corrected chi connectivity index (χ4v) is 2.94. The second-order valence-corrected chi connectivity index (χ2v) is 6.55. The summed E-state index contributed by atoms with van der Waals surface area (Å²) in [5, 5.41) is 0. The number of carbonyl (C=O) groups is 1. The van der Waals surface area contributed by atoms with Gasteiger partial charge in [-0.1, -0.05) is 12.1 Å². The first-order chi connectivity index (χ1) is 10.9. The summed E-state index contributed by atoms with van der Waals surface area (Å²) >= 11 is 0. The molecular weight excluding hydrogens is 323 g/mol. The third-order valence-electron chi connectivity index (χ3n) is 2.96. The normalized spacial score (nSPS) is 11.2. The monoisotopic (exact) mass is 338 g/mol. The molecule has 122 valence electrons. The molecule has 0 fully saturated rings. The van der Waals surface area contributed by atoms with Crippen LogP contribution in [0.25, 0.3) is 0 Å². The first-order valence-electron chi connectivity index (χ1n) is 6.64. The summed E-state index contributed by atoms with van der Waals surface area (Å²) < 4.78 is 43.9. The molecule has 1 heterocycles. The molecule has 1 aromatic heterocycles. The third kappa shape index (κ3) is 5.11. The first-order valence-corrected chi connectivity index (χ1v) is 8.30. The van der Waals surface area contributed by atoms with Gasteiger partial charge in [-0.05, 0) is 29.8 Å². The number of nitrogens with one attached hydrogen (secondary N) is 1. The van der Waals surface area contributed by atoms with E-state index in [0.29, 0.717) is 11.3 Å². The van der Waals surface area contributed by atoms with Gasteiger partial charge in [0.1, 0.15) is 5.82 Å². The van der Waals surface area contributed by atoms with Crippen LogP contribution in [0.1, 0.15) is 21.6 Å². The van der Waals surface area contributed by atoms with Gasteiger partial charge in [-0.3, -0.25) is 4.98 Å². The Bertz CT molecular complexity index is 791. The molecule has 6 nitrogen and oxygen atoms in total. The molecule has 0 saturated heterocycles. The number of hydrogen-bond acceptors (Lipinski definition) is 5. The van der Waals surface area contributed by atoms with Crippen LogP contribution in [-0.2, 0) is 27.1 Å². The summed E-state index contributed by atoms with van der Waals surface area (Å²) in [5.41, 5.74) is 1.07. The van der Waals surface area contributed by atoms with Crippen molar-refractivity contribution < 1.29 is 22.3 Å². The highest BCUT2D eigenvalue weighted by Crippen LogP contribution is 2.08. The summed E-state index contributed by atoms with van der Waals surface area (Å²) in [6.45, 7) is -0.0287. The van der Waals surface area contributed by atoms with E-state index < -0.39 is 21.8 Å². The molecule has 0 aliphatic carbocycles. The van der Waals surface area contributed by atoms with Gasteiger partial charge in [0.2, 0.25) is 10.0 Å². The molecule has 0 spiro atoms. The van der Waals surface area contributed by atoms with E-state index in [2.05, 4.69) is 14.4 Å². The summed E-state index contributed by atoms with van der Waals surface area (Å²) in [6, 6.07) is 8.42. The van der Waals surface area contributed by atoms with E-state index in [1.807, 2.05) is 0 Å². The van der Waals surface area contributed by atoms with Gasteiger partial charge in [-0.25, -0.2) is 22.3 Å². The molecular formula is C15H15FN2O4S. The molecule has 1 aromatic carbocycles. The van der Waals surface area contributed by atoms with Gasteiger partial charge in [0, 0.05) is 6.20 Å². The Morgan fingerprint density at radius 2 is 2.09 bits per heavy atom. The Balaban J connectivity index is 1.97. The van der Waals surface area contributed by atoms with Gasteiger partial charge in [0.25, 0.3) is 0 Å². The zero-order valence-electron chi connectivity index (χ0n) is 12.3. The lowest BCUT2D eigenvalue weighted by molar-refractivity contribution is 0.0600. The number of hydrogen-bond donors (Lipinski definition) is 1. The Morgan fingerprint density at radius 1 is 1.30 bits per heavy atom. The number of pyridine rings is 1. The molecule has 8 heteroatoms. The van der Waals surface area contributed by atoms with E-state index in [9.17, 15) is 17.6 Å². The quantitative estimate of drug-likeness (QED) is 0.809. The topological polar surface area (TPSA) is 85.4 Å². The number of ether oxygens (including phenoxy) is 1. The van der Waals surface area contributed by atoms with Crippen molar-refractivity contribution in [3.63, 3.8) is 0 Å². The van der Waals surface area contributed by atoms with Crippen LogP contribution >= 0.6 is 0 Å². The highest BCUT2D eigenvalue weighted by atomic mass is 32.2. The maximum Gasteiger partial charge on any atom is 0.339 e.